The number of azo groups is 1. The molecule has 0 radical (unpaired) electrons. The van der Waals surface area contributed by atoms with E-state index in [-0.39, 0.29) is 11.0 Å². The molecule has 0 saturated carbocycles. The van der Waals surface area contributed by atoms with Gasteiger partial charge in [0.05, 0.1) is 5.54 Å². The quantitative estimate of drug-likeness (QED) is 0.764. The van der Waals surface area contributed by atoms with Crippen LogP contribution in [0.15, 0.2) is 40.6 Å². The van der Waals surface area contributed by atoms with E-state index in [2.05, 4.69) is 37.9 Å². The average Bonchev–Trinajstić information content (AvgIpc) is 2.49. The third-order valence-corrected chi connectivity index (χ3v) is 4.28. The second-order valence-corrected chi connectivity index (χ2v) is 5.60. The number of hydrogen-bond acceptors (Lipinski definition) is 3. The molecule has 1 aromatic carbocycles. The Morgan fingerprint density at radius 1 is 0.941 bits per heavy atom. The van der Waals surface area contributed by atoms with Gasteiger partial charge in [-0.15, -0.1) is 0 Å². The molecule has 1 aromatic rings. The minimum absolute atomic E-state index is 0.198. The molecular formula is C14H20N2O. The molecule has 1 atom stereocenters. The van der Waals surface area contributed by atoms with E-state index >= 15 is 0 Å². The number of nitrogens with zero attached hydrogens (tertiary/aromatic N) is 2. The van der Waals surface area contributed by atoms with Crippen molar-refractivity contribution in [1.82, 2.24) is 0 Å². The molecule has 1 aliphatic rings. The molecule has 3 heteroatoms. The SMILES string of the molecule is CO[C@]1(c2ccccc2)N=NC(C)(C)C1(C)C. The normalized spacial score (nSPS) is 29.5. The van der Waals surface area contributed by atoms with Gasteiger partial charge < -0.3 is 4.74 Å². The van der Waals surface area contributed by atoms with Crippen LogP contribution in [0.5, 0.6) is 0 Å². The van der Waals surface area contributed by atoms with Crippen LogP contribution in [0.1, 0.15) is 33.3 Å². The van der Waals surface area contributed by atoms with Crippen LogP contribution in [-0.4, -0.2) is 12.6 Å². The molecule has 2 rings (SSSR count). The standard InChI is InChI=1S/C14H20N2O/c1-12(2)13(3,4)15-16-14(12,17-5)11-9-7-6-8-10-11/h6-10H,1-5H3/t14-/m0/s1. The van der Waals surface area contributed by atoms with Gasteiger partial charge in [0.25, 0.3) is 0 Å². The Morgan fingerprint density at radius 3 is 1.94 bits per heavy atom. The zero-order chi connectivity index (χ0) is 12.7. The van der Waals surface area contributed by atoms with Crippen molar-refractivity contribution in [3.8, 4) is 0 Å². The first kappa shape index (κ1) is 12.2. The third-order valence-electron chi connectivity index (χ3n) is 4.28. The van der Waals surface area contributed by atoms with Crippen LogP contribution >= 0.6 is 0 Å². The highest BCUT2D eigenvalue weighted by Gasteiger charge is 2.60. The van der Waals surface area contributed by atoms with Gasteiger partial charge in [-0.05, 0) is 13.8 Å². The van der Waals surface area contributed by atoms with E-state index < -0.39 is 5.72 Å². The largest absolute Gasteiger partial charge is 0.351 e. The average molecular weight is 232 g/mol. The van der Waals surface area contributed by atoms with Crippen molar-refractivity contribution in [3.05, 3.63) is 35.9 Å². The van der Waals surface area contributed by atoms with E-state index in [1.54, 1.807) is 7.11 Å². The van der Waals surface area contributed by atoms with Crippen LogP contribution in [0.4, 0.5) is 0 Å². The summed E-state index contributed by atoms with van der Waals surface area (Å²) in [5.41, 5.74) is -0.0611. The second-order valence-electron chi connectivity index (χ2n) is 5.60. The van der Waals surface area contributed by atoms with Crippen molar-refractivity contribution in [2.45, 2.75) is 39.0 Å². The summed E-state index contributed by atoms with van der Waals surface area (Å²) in [5.74, 6) is 0. The summed E-state index contributed by atoms with van der Waals surface area (Å²) >= 11 is 0. The highest BCUT2D eigenvalue weighted by Crippen LogP contribution is 2.56. The minimum atomic E-state index is -0.683. The van der Waals surface area contributed by atoms with E-state index in [1.165, 1.54) is 0 Å². The molecule has 0 fully saturated rings. The maximum atomic E-state index is 5.78. The van der Waals surface area contributed by atoms with E-state index in [0.29, 0.717) is 0 Å². The van der Waals surface area contributed by atoms with Gasteiger partial charge in [-0.25, -0.2) is 0 Å². The molecule has 0 bridgehead atoms. The highest BCUT2D eigenvalue weighted by molar-refractivity contribution is 5.28. The summed E-state index contributed by atoms with van der Waals surface area (Å²) in [7, 11) is 1.70. The van der Waals surface area contributed by atoms with Crippen LogP contribution < -0.4 is 0 Å². The smallest absolute Gasteiger partial charge is 0.211 e. The summed E-state index contributed by atoms with van der Waals surface area (Å²) < 4.78 is 5.78. The molecule has 17 heavy (non-hydrogen) atoms. The molecule has 0 aromatic heterocycles. The first-order valence-electron chi connectivity index (χ1n) is 5.92. The van der Waals surface area contributed by atoms with Crippen molar-refractivity contribution in [1.29, 1.82) is 0 Å². The summed E-state index contributed by atoms with van der Waals surface area (Å²) in [6.07, 6.45) is 0. The summed E-state index contributed by atoms with van der Waals surface area (Å²) in [5, 5.41) is 8.89. The molecule has 0 spiro atoms. The lowest BCUT2D eigenvalue weighted by Crippen LogP contribution is -2.48. The number of benzene rings is 1. The predicted octanol–water partition coefficient (Wildman–Crippen LogP) is 3.76. The Morgan fingerprint density at radius 2 is 1.53 bits per heavy atom. The van der Waals surface area contributed by atoms with Crippen molar-refractivity contribution < 1.29 is 4.74 Å². The first-order chi connectivity index (χ1) is 7.87. The molecule has 1 aliphatic heterocycles. The van der Waals surface area contributed by atoms with E-state index in [0.717, 1.165) is 5.56 Å². The molecule has 0 unspecified atom stereocenters. The van der Waals surface area contributed by atoms with Crippen LogP contribution in [0.25, 0.3) is 0 Å². The molecule has 0 amide bonds. The molecule has 3 nitrogen and oxygen atoms in total. The lowest BCUT2D eigenvalue weighted by molar-refractivity contribution is -0.103. The van der Waals surface area contributed by atoms with Crippen LogP contribution in [-0.2, 0) is 10.5 Å². The van der Waals surface area contributed by atoms with Gasteiger partial charge in [-0.3, -0.25) is 0 Å². The fraction of sp³-hybridized carbons (Fsp3) is 0.571. The minimum Gasteiger partial charge on any atom is -0.351 e. The monoisotopic (exact) mass is 232 g/mol. The summed E-state index contributed by atoms with van der Waals surface area (Å²) in [6.45, 7) is 8.51. The molecule has 0 saturated heterocycles. The van der Waals surface area contributed by atoms with Crippen molar-refractivity contribution in [3.63, 3.8) is 0 Å². The lowest BCUT2D eigenvalue weighted by Gasteiger charge is -2.42. The molecule has 92 valence electrons. The highest BCUT2D eigenvalue weighted by atomic mass is 16.5. The Labute approximate surface area is 103 Å². The van der Waals surface area contributed by atoms with E-state index in [1.807, 2.05) is 30.3 Å². The van der Waals surface area contributed by atoms with Gasteiger partial charge in [0.2, 0.25) is 5.72 Å². The number of rotatable bonds is 2. The van der Waals surface area contributed by atoms with Gasteiger partial charge in [0.15, 0.2) is 0 Å². The maximum absolute atomic E-state index is 5.78. The van der Waals surface area contributed by atoms with E-state index in [9.17, 15) is 0 Å². The predicted molar refractivity (Wildman–Crippen MR) is 67.8 cm³/mol. The molecule has 0 aliphatic carbocycles. The van der Waals surface area contributed by atoms with E-state index in [4.69, 9.17) is 4.74 Å². The molecule has 0 N–H and O–H groups in total. The van der Waals surface area contributed by atoms with Gasteiger partial charge in [-0.1, -0.05) is 44.2 Å². The van der Waals surface area contributed by atoms with Crippen molar-refractivity contribution in [2.75, 3.05) is 7.11 Å². The van der Waals surface area contributed by atoms with Gasteiger partial charge >= 0.3 is 0 Å². The summed E-state index contributed by atoms with van der Waals surface area (Å²) in [6, 6.07) is 10.1. The number of methoxy groups -OCH3 is 1. The first-order valence-corrected chi connectivity index (χ1v) is 5.92. The van der Waals surface area contributed by atoms with Gasteiger partial charge in [-0.2, -0.15) is 10.2 Å². The Bertz CT molecular complexity index is 437. The lowest BCUT2D eigenvalue weighted by atomic mass is 9.67. The fourth-order valence-corrected chi connectivity index (χ4v) is 2.36. The number of hydrogen-bond donors (Lipinski definition) is 0. The molecular weight excluding hydrogens is 212 g/mol. The van der Waals surface area contributed by atoms with Crippen LogP contribution in [0.2, 0.25) is 0 Å². The Balaban J connectivity index is 2.59. The fourth-order valence-electron chi connectivity index (χ4n) is 2.36. The summed E-state index contributed by atoms with van der Waals surface area (Å²) in [4.78, 5) is 0. The van der Waals surface area contributed by atoms with Gasteiger partial charge in [0.1, 0.15) is 0 Å². The Kier molecular flexibility index (Phi) is 2.62. The van der Waals surface area contributed by atoms with Crippen LogP contribution in [0, 0.1) is 5.41 Å². The van der Waals surface area contributed by atoms with Gasteiger partial charge in [0, 0.05) is 18.1 Å². The second kappa shape index (κ2) is 3.64. The maximum Gasteiger partial charge on any atom is 0.211 e. The molecule has 1 heterocycles. The number of ether oxygens (including phenoxy) is 1. The van der Waals surface area contributed by atoms with Crippen molar-refractivity contribution in [2.24, 2.45) is 15.6 Å². The topological polar surface area (TPSA) is 34.0 Å². The zero-order valence-electron chi connectivity index (χ0n) is 11.2. The third kappa shape index (κ3) is 1.45. The Hall–Kier alpha value is -1.22. The van der Waals surface area contributed by atoms with Crippen molar-refractivity contribution >= 4 is 0 Å². The van der Waals surface area contributed by atoms with Crippen LogP contribution in [0.3, 0.4) is 0 Å². The zero-order valence-corrected chi connectivity index (χ0v) is 11.2.